The van der Waals surface area contributed by atoms with E-state index in [4.69, 9.17) is 37.9 Å². The molecule has 30 atom stereocenters. The minimum Gasteiger partial charge on any atom is -0.432 e. The van der Waals surface area contributed by atoms with Crippen LogP contribution in [0.15, 0.2) is 11.6 Å². The number of fused-ring (bicyclic) bond motifs is 7. The lowest BCUT2D eigenvalue weighted by molar-refractivity contribution is -0.397. The highest BCUT2D eigenvalue weighted by Crippen LogP contribution is 2.76. The number of ether oxygens (including phenoxy) is 8. The van der Waals surface area contributed by atoms with Gasteiger partial charge in [-0.2, -0.15) is 0 Å². The van der Waals surface area contributed by atoms with E-state index in [0.717, 1.165) is 18.4 Å². The van der Waals surface area contributed by atoms with Crippen molar-refractivity contribution in [2.24, 2.45) is 50.7 Å². The van der Waals surface area contributed by atoms with Gasteiger partial charge >= 0.3 is 5.97 Å². The third kappa shape index (κ3) is 9.42. The van der Waals surface area contributed by atoms with Crippen molar-refractivity contribution >= 4 is 5.97 Å². The van der Waals surface area contributed by atoms with Crippen LogP contribution in [0.4, 0.5) is 0 Å². The molecular formula is C54H88O23. The van der Waals surface area contributed by atoms with Crippen LogP contribution in [0.3, 0.4) is 0 Å². The topological polar surface area (TPSA) is 374 Å². The van der Waals surface area contributed by atoms with Crippen LogP contribution in [-0.4, -0.2) is 232 Å². The van der Waals surface area contributed by atoms with Gasteiger partial charge in [0.25, 0.3) is 0 Å². The third-order valence-electron chi connectivity index (χ3n) is 21.8. The molecule has 0 amide bonds. The molecule has 5 aliphatic carbocycles. The molecule has 0 bridgehead atoms. The third-order valence-corrected chi connectivity index (χ3v) is 21.8. The second-order valence-electron chi connectivity index (χ2n) is 25.9. The van der Waals surface area contributed by atoms with Crippen LogP contribution in [0.25, 0.3) is 0 Å². The van der Waals surface area contributed by atoms with Gasteiger partial charge in [-0.3, -0.25) is 4.79 Å². The number of allylic oxidation sites excluding steroid dienone is 1. The number of rotatable bonds is 11. The van der Waals surface area contributed by atoms with Gasteiger partial charge in [-0.1, -0.05) is 53.2 Å². The molecule has 0 aromatic heterocycles. The van der Waals surface area contributed by atoms with Crippen molar-refractivity contribution in [1.29, 1.82) is 0 Å². The predicted octanol–water partition coefficient (Wildman–Crippen LogP) is -2.04. The Kier molecular flexibility index (Phi) is 16.8. The van der Waals surface area contributed by atoms with Crippen molar-refractivity contribution in [2.45, 2.75) is 248 Å². The Labute approximate surface area is 449 Å². The summed E-state index contributed by atoms with van der Waals surface area (Å²) < 4.78 is 48.5. The van der Waals surface area contributed by atoms with E-state index in [1.807, 2.05) is 6.92 Å². The molecule has 0 aromatic rings. The number of carbonyl (C=O) groups is 1. The standard InChI is InChI=1S/C54H88O23/c1-22-11-16-54(48(68)77-45-40(67)36(63)32(59)25(19-55)71-45)18-17-51(6)24(43(54)53(22,8)69)9-10-29-50(5)14-13-30(49(3,4)28(50)12-15-52(29,51)7)74-46-41(37(64)33(60)26(20-56)72-46)76-47-42(38(65)34(61)27(21-57)73-47)75-44-39(66)35(62)31(58)23(2)70-44/h9,22-23,25-47,55-67,69H,10-21H2,1-8H3. The van der Waals surface area contributed by atoms with E-state index >= 15 is 0 Å². The van der Waals surface area contributed by atoms with Crippen molar-refractivity contribution in [3.63, 3.8) is 0 Å². The molecule has 14 N–H and O–H groups in total. The maximum absolute atomic E-state index is 14.8. The number of aliphatic hydroxyl groups is 14. The van der Waals surface area contributed by atoms with Gasteiger partial charge in [-0.05, 0) is 111 Å². The van der Waals surface area contributed by atoms with Crippen molar-refractivity contribution in [1.82, 2.24) is 0 Å². The van der Waals surface area contributed by atoms with Gasteiger partial charge in [0, 0.05) is 5.92 Å². The molecule has 4 heterocycles. The van der Waals surface area contributed by atoms with E-state index in [2.05, 4.69) is 40.7 Å². The van der Waals surface area contributed by atoms with Crippen molar-refractivity contribution < 1.29 is 114 Å². The van der Waals surface area contributed by atoms with Gasteiger partial charge in [0.05, 0.1) is 43.0 Å². The van der Waals surface area contributed by atoms with E-state index < -0.39 is 182 Å². The van der Waals surface area contributed by atoms with E-state index in [-0.39, 0.29) is 28.6 Å². The zero-order valence-electron chi connectivity index (χ0n) is 45.4. The lowest BCUT2D eigenvalue weighted by atomic mass is 9.33. The second kappa shape index (κ2) is 21.5. The zero-order valence-corrected chi connectivity index (χ0v) is 45.4. The maximum Gasteiger partial charge on any atom is 0.315 e. The molecule has 23 heteroatoms. The molecule has 77 heavy (non-hydrogen) atoms. The first-order chi connectivity index (χ1) is 36.0. The summed E-state index contributed by atoms with van der Waals surface area (Å²) in [6.45, 7) is 14.2. The molecule has 4 saturated heterocycles. The lowest BCUT2D eigenvalue weighted by Crippen LogP contribution is -2.69. The molecule has 9 rings (SSSR count). The molecule has 0 radical (unpaired) electrons. The Bertz CT molecular complexity index is 2130. The number of hydrogen-bond acceptors (Lipinski definition) is 23. The maximum atomic E-state index is 14.8. The summed E-state index contributed by atoms with van der Waals surface area (Å²) in [6, 6.07) is 0. The summed E-state index contributed by atoms with van der Waals surface area (Å²) in [4.78, 5) is 14.8. The normalized spacial score (nSPS) is 55.7. The van der Waals surface area contributed by atoms with E-state index in [0.29, 0.717) is 44.9 Å². The predicted molar refractivity (Wildman–Crippen MR) is 263 cm³/mol. The van der Waals surface area contributed by atoms with Crippen LogP contribution in [0.2, 0.25) is 0 Å². The molecule has 30 unspecified atom stereocenters. The Balaban J connectivity index is 0.975. The molecule has 23 nitrogen and oxygen atoms in total. The molecule has 0 spiro atoms. The summed E-state index contributed by atoms with van der Waals surface area (Å²) in [7, 11) is 0. The highest BCUT2D eigenvalue weighted by Gasteiger charge is 2.72. The quantitative estimate of drug-likeness (QED) is 0.0602. The Hall–Kier alpha value is -1.63. The van der Waals surface area contributed by atoms with Crippen LogP contribution in [0, 0.1) is 50.7 Å². The molecule has 4 aliphatic heterocycles. The summed E-state index contributed by atoms with van der Waals surface area (Å²) in [6.07, 6.45) is -25.7. The highest BCUT2D eigenvalue weighted by molar-refractivity contribution is 5.79. The van der Waals surface area contributed by atoms with Crippen LogP contribution in [0.5, 0.6) is 0 Å². The first-order valence-corrected chi connectivity index (χ1v) is 27.9. The Morgan fingerprint density at radius 2 is 1.08 bits per heavy atom. The van der Waals surface area contributed by atoms with Gasteiger partial charge < -0.3 is 109 Å². The minimum absolute atomic E-state index is 0.0334. The first kappa shape index (κ1) is 60.0. The Morgan fingerprint density at radius 3 is 1.66 bits per heavy atom. The summed E-state index contributed by atoms with van der Waals surface area (Å²) in [5.74, 6) is -1.41. The van der Waals surface area contributed by atoms with Gasteiger partial charge in [-0.15, -0.1) is 0 Å². The molecule has 0 aromatic carbocycles. The monoisotopic (exact) mass is 1100 g/mol. The molecule has 8 fully saturated rings. The lowest BCUT2D eigenvalue weighted by Gasteiger charge is -2.72. The van der Waals surface area contributed by atoms with Gasteiger partial charge in [0.2, 0.25) is 6.29 Å². The summed E-state index contributed by atoms with van der Waals surface area (Å²) >= 11 is 0. The van der Waals surface area contributed by atoms with Crippen molar-refractivity contribution in [3.8, 4) is 0 Å². The van der Waals surface area contributed by atoms with Gasteiger partial charge in [-0.25, -0.2) is 0 Å². The SMILES string of the molecule is CC1OC(OC2C(OC3C(OC4CCC5(C)C(CCC6(C)C5CC=C5C7C(C(=O)OC8OC(CO)C(O)C(O)C8O)(CCC(C)C7(C)O)CCC56C)C4(C)C)OC(CO)C(O)C3O)OC(CO)C(O)C2O)C(O)C(O)C1O. The van der Waals surface area contributed by atoms with Crippen LogP contribution < -0.4 is 0 Å². The fraction of sp³-hybridized carbons (Fsp3) is 0.944. The Morgan fingerprint density at radius 1 is 0.558 bits per heavy atom. The average Bonchev–Trinajstić information content (AvgIpc) is 3.38. The van der Waals surface area contributed by atoms with Crippen molar-refractivity contribution in [2.75, 3.05) is 19.8 Å². The number of esters is 1. The smallest absolute Gasteiger partial charge is 0.315 e. The molecular weight excluding hydrogens is 1020 g/mol. The highest BCUT2D eigenvalue weighted by atomic mass is 16.8. The number of carbonyl (C=O) groups excluding carboxylic acids is 1. The van der Waals surface area contributed by atoms with E-state index in [1.54, 1.807) is 6.92 Å². The average molecular weight is 1110 g/mol. The number of aliphatic hydroxyl groups excluding tert-OH is 13. The summed E-state index contributed by atoms with van der Waals surface area (Å²) in [5, 5.41) is 152. The zero-order chi connectivity index (χ0) is 56.4. The van der Waals surface area contributed by atoms with Gasteiger partial charge in [0.15, 0.2) is 18.9 Å². The molecule has 442 valence electrons. The number of hydrogen-bond donors (Lipinski definition) is 14. The van der Waals surface area contributed by atoms with Gasteiger partial charge in [0.1, 0.15) is 91.6 Å². The fourth-order valence-electron chi connectivity index (χ4n) is 16.7. The minimum atomic E-state index is -1.88. The molecule has 4 saturated carbocycles. The molecule has 9 aliphatic rings. The van der Waals surface area contributed by atoms with Crippen molar-refractivity contribution in [3.05, 3.63) is 11.6 Å². The fourth-order valence-corrected chi connectivity index (χ4v) is 16.7. The van der Waals surface area contributed by atoms with Crippen LogP contribution in [-0.2, 0) is 42.7 Å². The van der Waals surface area contributed by atoms with Crippen LogP contribution >= 0.6 is 0 Å². The van der Waals surface area contributed by atoms with Crippen LogP contribution in [0.1, 0.15) is 113 Å². The largest absolute Gasteiger partial charge is 0.432 e. The first-order valence-electron chi connectivity index (χ1n) is 27.9. The second-order valence-corrected chi connectivity index (χ2v) is 25.9. The van der Waals surface area contributed by atoms with E-state index in [9.17, 15) is 76.3 Å². The summed E-state index contributed by atoms with van der Waals surface area (Å²) in [5.41, 5.74) is -3.32. The van der Waals surface area contributed by atoms with E-state index in [1.165, 1.54) is 6.92 Å².